The predicted molar refractivity (Wildman–Crippen MR) is 331 cm³/mol. The van der Waals surface area contributed by atoms with E-state index in [1.807, 2.05) is 0 Å². The summed E-state index contributed by atoms with van der Waals surface area (Å²) in [6.45, 7) is 9.41. The first-order valence-electron chi connectivity index (χ1n) is 33.5. The lowest BCUT2D eigenvalue weighted by Gasteiger charge is -2.21. The Balaban J connectivity index is 5.23. The van der Waals surface area contributed by atoms with Gasteiger partial charge in [-0.3, -0.25) is 37.3 Å². The minimum Gasteiger partial charge on any atom is -0.462 e. The van der Waals surface area contributed by atoms with Gasteiger partial charge in [0.25, 0.3) is 0 Å². The van der Waals surface area contributed by atoms with E-state index in [-0.39, 0.29) is 25.7 Å². The van der Waals surface area contributed by atoms with Gasteiger partial charge in [0, 0.05) is 25.7 Å². The monoisotopic (exact) mass is 1230 g/mol. The Labute approximate surface area is 505 Å². The molecule has 17 nitrogen and oxygen atoms in total. The molecule has 0 aliphatic rings. The van der Waals surface area contributed by atoms with Crippen molar-refractivity contribution in [2.45, 2.75) is 336 Å². The molecule has 2 unspecified atom stereocenters. The Kier molecular flexibility index (Phi) is 55.2. The predicted octanol–water partition coefficient (Wildman–Crippen LogP) is 17.7. The Morgan fingerprint density at radius 3 is 0.819 bits per heavy atom. The molecule has 0 radical (unpaired) electrons. The molecule has 3 N–H and O–H groups in total. The minimum atomic E-state index is -4.94. The number of carbonyl (C=O) groups excluding carboxylic acids is 4. The van der Waals surface area contributed by atoms with E-state index in [4.69, 9.17) is 37.0 Å². The number of carbonyl (C=O) groups is 4. The maximum Gasteiger partial charge on any atom is 0.472 e. The van der Waals surface area contributed by atoms with Crippen LogP contribution in [0.25, 0.3) is 0 Å². The standard InChI is InChI=1S/C64H124O17P2/c1-7-9-11-13-15-17-19-23-29-35-41-47-62(67)75-53-59(80-63(68)48-42-36-30-24-21-18-20-22-26-32-38-44-56(3)4)54-78-82(70,71)76-50-58(65)51-77-83(72,73)79-55-60(52-74-61(66)46-40-34-28-16-14-12-10-8-2)81-64(69)49-43-37-31-25-27-33-39-45-57(5)6/h56-60,65H,7-55H2,1-6H3,(H,70,71)(H,72,73)/t58-,59-,60-/m1/s1. The molecule has 0 aromatic heterocycles. The largest absolute Gasteiger partial charge is 0.472 e. The summed E-state index contributed by atoms with van der Waals surface area (Å²) in [5, 5.41) is 10.5. The lowest BCUT2D eigenvalue weighted by Crippen LogP contribution is -2.30. The molecule has 0 amide bonds. The SMILES string of the molecule is CCCCCCCCCCCCCC(=O)OC[C@H](COP(=O)(O)OC[C@@H](O)COP(=O)(O)OC[C@@H](COC(=O)CCCCCCCCCC)OC(=O)CCCCCCCCCC(C)C)OC(=O)CCCCCCCCCCCCCC(C)C. The zero-order chi connectivity index (χ0) is 61.5. The average Bonchev–Trinajstić information content (AvgIpc) is 3.44. The van der Waals surface area contributed by atoms with E-state index < -0.39 is 97.5 Å². The molecule has 0 aliphatic carbocycles. The van der Waals surface area contributed by atoms with Crippen LogP contribution in [0.15, 0.2) is 0 Å². The van der Waals surface area contributed by atoms with Crippen LogP contribution in [0, 0.1) is 11.8 Å². The fourth-order valence-electron chi connectivity index (χ4n) is 9.53. The van der Waals surface area contributed by atoms with Crippen LogP contribution >= 0.6 is 15.6 Å². The number of rotatable bonds is 63. The van der Waals surface area contributed by atoms with E-state index in [0.717, 1.165) is 102 Å². The number of aliphatic hydroxyl groups excluding tert-OH is 1. The van der Waals surface area contributed by atoms with Crippen molar-refractivity contribution in [2.75, 3.05) is 39.6 Å². The summed E-state index contributed by atoms with van der Waals surface area (Å²) in [7, 11) is -9.88. The number of hydrogen-bond acceptors (Lipinski definition) is 15. The molecular weight excluding hydrogens is 1100 g/mol. The van der Waals surface area contributed by atoms with E-state index in [9.17, 15) is 43.2 Å². The van der Waals surface area contributed by atoms with Crippen LogP contribution in [0.3, 0.4) is 0 Å². The first kappa shape index (κ1) is 81.1. The molecule has 0 heterocycles. The van der Waals surface area contributed by atoms with Crippen molar-refractivity contribution >= 4 is 39.5 Å². The molecule has 19 heteroatoms. The summed E-state index contributed by atoms with van der Waals surface area (Å²) in [5.41, 5.74) is 0. The van der Waals surface area contributed by atoms with Gasteiger partial charge in [0.2, 0.25) is 0 Å². The Morgan fingerprint density at radius 1 is 0.325 bits per heavy atom. The quantitative estimate of drug-likeness (QED) is 0.0222. The lowest BCUT2D eigenvalue weighted by molar-refractivity contribution is -0.161. The minimum absolute atomic E-state index is 0.103. The Bertz CT molecular complexity index is 1630. The molecule has 5 atom stereocenters. The summed E-state index contributed by atoms with van der Waals surface area (Å²) in [4.78, 5) is 72.1. The molecule has 0 saturated heterocycles. The zero-order valence-electron chi connectivity index (χ0n) is 53.5. The molecule has 0 aliphatic heterocycles. The average molecular weight is 1230 g/mol. The zero-order valence-corrected chi connectivity index (χ0v) is 55.3. The highest BCUT2D eigenvalue weighted by Gasteiger charge is 2.30. The summed E-state index contributed by atoms with van der Waals surface area (Å²) < 4.78 is 67.9. The lowest BCUT2D eigenvalue weighted by atomic mass is 10.0. The number of hydrogen-bond donors (Lipinski definition) is 3. The van der Waals surface area contributed by atoms with Crippen molar-refractivity contribution in [3.63, 3.8) is 0 Å². The summed E-state index contributed by atoms with van der Waals surface area (Å²) >= 11 is 0. The molecule has 0 spiro atoms. The molecule has 83 heavy (non-hydrogen) atoms. The second-order valence-corrected chi connectivity index (χ2v) is 27.0. The summed E-state index contributed by atoms with van der Waals surface area (Å²) in [5.74, 6) is -0.676. The first-order valence-corrected chi connectivity index (χ1v) is 36.5. The van der Waals surface area contributed by atoms with Crippen molar-refractivity contribution in [3.8, 4) is 0 Å². The van der Waals surface area contributed by atoms with E-state index >= 15 is 0 Å². The molecule has 0 rings (SSSR count). The number of aliphatic hydroxyl groups is 1. The number of ether oxygens (including phenoxy) is 4. The third-order valence-corrected chi connectivity index (χ3v) is 16.6. The Morgan fingerprint density at radius 2 is 0.554 bits per heavy atom. The number of unbranched alkanes of at least 4 members (excludes halogenated alkanes) is 33. The van der Waals surface area contributed by atoms with Crippen LogP contribution in [-0.4, -0.2) is 96.7 Å². The second kappa shape index (κ2) is 56.6. The van der Waals surface area contributed by atoms with E-state index in [2.05, 4.69) is 41.5 Å². The van der Waals surface area contributed by atoms with Gasteiger partial charge in [-0.05, 0) is 37.5 Å². The molecular formula is C64H124O17P2. The van der Waals surface area contributed by atoms with Crippen molar-refractivity contribution in [3.05, 3.63) is 0 Å². The van der Waals surface area contributed by atoms with Crippen LogP contribution < -0.4 is 0 Å². The van der Waals surface area contributed by atoms with Crippen molar-refractivity contribution in [2.24, 2.45) is 11.8 Å². The van der Waals surface area contributed by atoms with Gasteiger partial charge in [-0.1, -0.05) is 266 Å². The highest BCUT2D eigenvalue weighted by Crippen LogP contribution is 2.45. The van der Waals surface area contributed by atoms with Crippen molar-refractivity contribution in [1.29, 1.82) is 0 Å². The van der Waals surface area contributed by atoms with E-state index in [0.29, 0.717) is 31.6 Å². The molecule has 492 valence electrons. The molecule has 0 fully saturated rings. The fourth-order valence-corrected chi connectivity index (χ4v) is 11.1. The highest BCUT2D eigenvalue weighted by molar-refractivity contribution is 7.47. The Hall–Kier alpha value is -1.94. The summed E-state index contributed by atoms with van der Waals surface area (Å²) in [6.07, 6.45) is 39.0. The number of esters is 4. The van der Waals surface area contributed by atoms with Gasteiger partial charge in [0.1, 0.15) is 19.3 Å². The topological polar surface area (TPSA) is 237 Å². The van der Waals surface area contributed by atoms with Gasteiger partial charge in [0.15, 0.2) is 12.2 Å². The normalized spacial score (nSPS) is 14.3. The van der Waals surface area contributed by atoms with Crippen molar-refractivity contribution in [1.82, 2.24) is 0 Å². The van der Waals surface area contributed by atoms with E-state index in [1.54, 1.807) is 0 Å². The van der Waals surface area contributed by atoms with Crippen LogP contribution in [0.4, 0.5) is 0 Å². The third-order valence-electron chi connectivity index (χ3n) is 14.7. The number of phosphoric acid groups is 2. The van der Waals surface area contributed by atoms with Crippen LogP contribution in [0.2, 0.25) is 0 Å². The maximum absolute atomic E-state index is 13.0. The van der Waals surface area contributed by atoms with E-state index in [1.165, 1.54) is 128 Å². The molecule has 0 aromatic carbocycles. The van der Waals surface area contributed by atoms with Crippen LogP contribution in [0.5, 0.6) is 0 Å². The molecule has 0 saturated carbocycles. The highest BCUT2D eigenvalue weighted by atomic mass is 31.2. The number of phosphoric ester groups is 2. The van der Waals surface area contributed by atoms with Gasteiger partial charge in [-0.25, -0.2) is 9.13 Å². The van der Waals surface area contributed by atoms with Gasteiger partial charge in [-0.2, -0.15) is 0 Å². The second-order valence-electron chi connectivity index (χ2n) is 24.1. The summed E-state index contributed by atoms with van der Waals surface area (Å²) in [6, 6.07) is 0. The third kappa shape index (κ3) is 58.8. The van der Waals surface area contributed by atoms with Gasteiger partial charge >= 0.3 is 39.5 Å². The molecule has 0 bridgehead atoms. The van der Waals surface area contributed by atoms with Crippen LogP contribution in [0.1, 0.15) is 318 Å². The fraction of sp³-hybridized carbons (Fsp3) is 0.938. The molecule has 0 aromatic rings. The van der Waals surface area contributed by atoms with Gasteiger partial charge in [-0.15, -0.1) is 0 Å². The van der Waals surface area contributed by atoms with Crippen molar-refractivity contribution < 1.29 is 80.2 Å². The van der Waals surface area contributed by atoms with Gasteiger partial charge in [0.05, 0.1) is 26.4 Å². The maximum atomic E-state index is 13.0. The first-order chi connectivity index (χ1) is 39.9. The van der Waals surface area contributed by atoms with Gasteiger partial charge < -0.3 is 33.8 Å². The smallest absolute Gasteiger partial charge is 0.462 e. The van der Waals surface area contributed by atoms with Crippen LogP contribution in [-0.2, 0) is 65.4 Å².